The molecule has 0 radical (unpaired) electrons. The molecule has 2 N–H and O–H groups in total. The van der Waals surface area contributed by atoms with Crippen molar-refractivity contribution < 1.29 is 0 Å². The van der Waals surface area contributed by atoms with E-state index >= 15 is 0 Å². The molecule has 1 aromatic heterocycles. The molecule has 2 fully saturated rings. The third kappa shape index (κ3) is 2.20. The van der Waals surface area contributed by atoms with Gasteiger partial charge in [-0.1, -0.05) is 0 Å². The predicted molar refractivity (Wildman–Crippen MR) is 73.0 cm³/mol. The number of nitrogens with two attached hydrogens (primary N) is 1. The Morgan fingerprint density at radius 1 is 1.29 bits per heavy atom. The zero-order valence-corrected chi connectivity index (χ0v) is 11.4. The van der Waals surface area contributed by atoms with Crippen LogP contribution in [-0.2, 0) is 0 Å². The van der Waals surface area contributed by atoms with Gasteiger partial charge < -0.3 is 10.6 Å². The van der Waals surface area contributed by atoms with E-state index in [2.05, 4.69) is 31.9 Å². The minimum atomic E-state index is 0.420. The molecule has 1 saturated heterocycles. The molecule has 4 heteroatoms. The second kappa shape index (κ2) is 4.58. The van der Waals surface area contributed by atoms with Crippen LogP contribution in [0.4, 0.5) is 5.82 Å². The summed E-state index contributed by atoms with van der Waals surface area (Å²) in [6.45, 7) is 2.26. The Kier molecular flexibility index (Phi) is 3.09. The number of halogens is 1. The van der Waals surface area contributed by atoms with E-state index in [0.717, 1.165) is 35.2 Å². The summed E-state index contributed by atoms with van der Waals surface area (Å²) in [4.78, 5) is 6.90. The van der Waals surface area contributed by atoms with Gasteiger partial charge in [0.2, 0.25) is 0 Å². The van der Waals surface area contributed by atoms with Crippen LogP contribution in [0.25, 0.3) is 0 Å². The van der Waals surface area contributed by atoms with Crippen molar-refractivity contribution in [3.05, 3.63) is 22.8 Å². The van der Waals surface area contributed by atoms with Crippen molar-refractivity contribution in [2.24, 2.45) is 17.6 Å². The molecule has 1 aliphatic carbocycles. The van der Waals surface area contributed by atoms with Gasteiger partial charge >= 0.3 is 0 Å². The molecular formula is C13H18BrN3. The van der Waals surface area contributed by atoms with E-state index in [4.69, 9.17) is 5.73 Å². The molecule has 3 rings (SSSR count). The lowest BCUT2D eigenvalue weighted by Crippen LogP contribution is -2.32. The second-order valence-corrected chi connectivity index (χ2v) is 6.16. The highest BCUT2D eigenvalue weighted by Gasteiger charge is 2.37. The Morgan fingerprint density at radius 3 is 2.94 bits per heavy atom. The van der Waals surface area contributed by atoms with E-state index < -0.39 is 0 Å². The number of hydrogen-bond acceptors (Lipinski definition) is 3. The highest BCUT2D eigenvalue weighted by molar-refractivity contribution is 9.10. The molecule has 3 atom stereocenters. The molecule has 1 aliphatic heterocycles. The summed E-state index contributed by atoms with van der Waals surface area (Å²) in [6, 6.07) is 4.45. The van der Waals surface area contributed by atoms with Gasteiger partial charge in [-0.15, -0.1) is 0 Å². The predicted octanol–water partition coefficient (Wildman–Crippen LogP) is 2.41. The minimum absolute atomic E-state index is 0.420. The van der Waals surface area contributed by atoms with Crippen LogP contribution >= 0.6 is 15.9 Å². The molecule has 1 unspecified atom stereocenters. The summed E-state index contributed by atoms with van der Waals surface area (Å²) in [5.41, 5.74) is 6.06. The first-order chi connectivity index (χ1) is 8.24. The highest BCUT2D eigenvalue weighted by Crippen LogP contribution is 2.38. The van der Waals surface area contributed by atoms with Crippen LogP contribution in [-0.4, -0.2) is 24.1 Å². The first-order valence-electron chi connectivity index (χ1n) is 6.35. The van der Waals surface area contributed by atoms with E-state index in [1.807, 2.05) is 12.3 Å². The normalized spacial score (nSPS) is 32.6. The van der Waals surface area contributed by atoms with Gasteiger partial charge in [-0.3, -0.25) is 0 Å². The second-order valence-electron chi connectivity index (χ2n) is 5.31. The molecule has 0 aromatic carbocycles. The minimum Gasteiger partial charge on any atom is -0.355 e. The van der Waals surface area contributed by atoms with Gasteiger partial charge in [-0.25, -0.2) is 4.98 Å². The molecular weight excluding hydrogens is 278 g/mol. The van der Waals surface area contributed by atoms with Crippen molar-refractivity contribution in [2.45, 2.75) is 25.3 Å². The highest BCUT2D eigenvalue weighted by atomic mass is 79.9. The van der Waals surface area contributed by atoms with E-state index in [9.17, 15) is 0 Å². The summed E-state index contributed by atoms with van der Waals surface area (Å²) in [6.07, 6.45) is 5.53. The van der Waals surface area contributed by atoms with E-state index in [0.29, 0.717) is 6.04 Å². The average Bonchev–Trinajstić information content (AvgIpc) is 2.72. The van der Waals surface area contributed by atoms with Crippen molar-refractivity contribution in [1.29, 1.82) is 0 Å². The number of hydrogen-bond donors (Lipinski definition) is 1. The maximum atomic E-state index is 6.06. The number of rotatable bonds is 1. The van der Waals surface area contributed by atoms with Gasteiger partial charge in [0, 0.05) is 25.3 Å². The zero-order valence-electron chi connectivity index (χ0n) is 9.85. The number of anilines is 1. The van der Waals surface area contributed by atoms with Gasteiger partial charge in [0.05, 0.1) is 4.47 Å². The Balaban J connectivity index is 1.78. The molecule has 2 aliphatic rings. The fraction of sp³-hybridized carbons (Fsp3) is 0.615. The van der Waals surface area contributed by atoms with Crippen LogP contribution in [0.3, 0.4) is 0 Å². The summed E-state index contributed by atoms with van der Waals surface area (Å²) in [5, 5.41) is 0. The molecule has 3 nitrogen and oxygen atoms in total. The van der Waals surface area contributed by atoms with Gasteiger partial charge in [-0.05, 0) is 59.2 Å². The summed E-state index contributed by atoms with van der Waals surface area (Å²) >= 11 is 3.59. The zero-order chi connectivity index (χ0) is 11.8. The number of pyridine rings is 1. The summed E-state index contributed by atoms with van der Waals surface area (Å²) < 4.78 is 1.10. The molecule has 0 bridgehead atoms. The first kappa shape index (κ1) is 11.5. The third-order valence-electron chi connectivity index (χ3n) is 4.13. The third-order valence-corrected chi connectivity index (χ3v) is 4.75. The maximum Gasteiger partial charge on any atom is 0.142 e. The quantitative estimate of drug-likeness (QED) is 0.865. The van der Waals surface area contributed by atoms with Gasteiger partial charge in [0.1, 0.15) is 5.82 Å². The van der Waals surface area contributed by atoms with Crippen LogP contribution < -0.4 is 10.6 Å². The molecule has 17 heavy (non-hydrogen) atoms. The lowest BCUT2D eigenvalue weighted by Gasteiger charge is -2.27. The molecule has 0 spiro atoms. The van der Waals surface area contributed by atoms with Crippen LogP contribution in [0.5, 0.6) is 0 Å². The van der Waals surface area contributed by atoms with Crippen molar-refractivity contribution in [2.75, 3.05) is 18.0 Å². The topological polar surface area (TPSA) is 42.1 Å². The van der Waals surface area contributed by atoms with Crippen molar-refractivity contribution in [1.82, 2.24) is 4.98 Å². The van der Waals surface area contributed by atoms with Crippen LogP contribution in [0.2, 0.25) is 0 Å². The fourth-order valence-corrected chi connectivity index (χ4v) is 3.76. The lowest BCUT2D eigenvalue weighted by molar-refractivity contribution is 0.271. The van der Waals surface area contributed by atoms with Gasteiger partial charge in [-0.2, -0.15) is 0 Å². The van der Waals surface area contributed by atoms with Crippen LogP contribution in [0.1, 0.15) is 19.3 Å². The number of fused-ring (bicyclic) bond motifs is 1. The largest absolute Gasteiger partial charge is 0.355 e. The van der Waals surface area contributed by atoms with E-state index in [1.54, 1.807) is 0 Å². The lowest BCUT2D eigenvalue weighted by atomic mass is 9.79. The maximum absolute atomic E-state index is 6.06. The van der Waals surface area contributed by atoms with Crippen molar-refractivity contribution >= 4 is 21.7 Å². The summed E-state index contributed by atoms with van der Waals surface area (Å²) in [5.74, 6) is 2.69. The Hall–Kier alpha value is -0.610. The van der Waals surface area contributed by atoms with E-state index in [-0.39, 0.29) is 0 Å². The molecule has 1 saturated carbocycles. The Morgan fingerprint density at radius 2 is 2.12 bits per heavy atom. The van der Waals surface area contributed by atoms with Crippen LogP contribution in [0, 0.1) is 11.8 Å². The monoisotopic (exact) mass is 295 g/mol. The summed E-state index contributed by atoms with van der Waals surface area (Å²) in [7, 11) is 0. The smallest absolute Gasteiger partial charge is 0.142 e. The molecule has 0 amide bonds. The Bertz CT molecular complexity index is 409. The number of aromatic nitrogens is 1. The first-order valence-corrected chi connectivity index (χ1v) is 7.14. The van der Waals surface area contributed by atoms with Crippen LogP contribution in [0.15, 0.2) is 22.8 Å². The van der Waals surface area contributed by atoms with E-state index in [1.165, 1.54) is 19.3 Å². The standard InChI is InChI=1S/C13H18BrN3/c14-12-2-1-5-16-13(12)17-7-9-3-4-11(15)6-10(9)8-17/h1-2,5,9-11H,3-4,6-8,15H2/t9-,10+,11?/m1/s1. The van der Waals surface area contributed by atoms with Crippen molar-refractivity contribution in [3.8, 4) is 0 Å². The fourth-order valence-electron chi connectivity index (χ4n) is 3.25. The molecule has 92 valence electrons. The molecule has 2 heterocycles. The van der Waals surface area contributed by atoms with Gasteiger partial charge in [0.25, 0.3) is 0 Å². The Labute approximate surface area is 111 Å². The number of nitrogens with zero attached hydrogens (tertiary/aromatic N) is 2. The molecule has 1 aromatic rings. The van der Waals surface area contributed by atoms with Crippen molar-refractivity contribution in [3.63, 3.8) is 0 Å². The average molecular weight is 296 g/mol. The SMILES string of the molecule is NC1CC[C@@H]2CN(c3ncccc3Br)C[C@@H]2C1. The van der Waals surface area contributed by atoms with Gasteiger partial charge in [0.15, 0.2) is 0 Å².